The van der Waals surface area contributed by atoms with E-state index in [0.717, 1.165) is 12.8 Å². The average molecular weight is 228 g/mol. The first-order chi connectivity index (χ1) is 7.56. The number of rotatable bonds is 5. The molecule has 5 nitrogen and oxygen atoms in total. The van der Waals surface area contributed by atoms with Crippen LogP contribution >= 0.6 is 0 Å². The smallest absolute Gasteiger partial charge is 0.312 e. The average Bonchev–Trinajstić information content (AvgIpc) is 2.29. The summed E-state index contributed by atoms with van der Waals surface area (Å²) in [5.74, 6) is -0.845. The fourth-order valence-electron chi connectivity index (χ4n) is 1.71. The molecule has 1 aliphatic rings. The number of carbonyl (C=O) groups excluding carboxylic acids is 2. The van der Waals surface area contributed by atoms with Gasteiger partial charge in [-0.2, -0.15) is 0 Å². The molecule has 0 aromatic rings. The Labute approximate surface area is 96.0 Å². The van der Waals surface area contributed by atoms with Gasteiger partial charge in [-0.15, -0.1) is 0 Å². The molecule has 1 heterocycles. The quantitative estimate of drug-likeness (QED) is 0.665. The molecule has 0 aromatic heterocycles. The van der Waals surface area contributed by atoms with E-state index in [1.54, 1.807) is 11.9 Å². The van der Waals surface area contributed by atoms with Gasteiger partial charge in [0.2, 0.25) is 0 Å². The highest BCUT2D eigenvalue weighted by molar-refractivity contribution is 6.35. The molecule has 1 atom stereocenters. The predicted molar refractivity (Wildman–Crippen MR) is 59.7 cm³/mol. The maximum Gasteiger partial charge on any atom is 0.312 e. The van der Waals surface area contributed by atoms with Crippen LogP contribution in [0.2, 0.25) is 0 Å². The molecular formula is C11H20N2O3. The van der Waals surface area contributed by atoms with E-state index < -0.39 is 11.8 Å². The summed E-state index contributed by atoms with van der Waals surface area (Å²) in [6.07, 6.45) is 1.87. The van der Waals surface area contributed by atoms with Crippen LogP contribution < -0.4 is 0 Å². The van der Waals surface area contributed by atoms with Gasteiger partial charge in [0.1, 0.15) is 0 Å². The number of likely N-dealkylation sites (N-methyl/N-ethyl adjacent to an activating group) is 1. The van der Waals surface area contributed by atoms with Crippen LogP contribution in [0.25, 0.3) is 0 Å². The summed E-state index contributed by atoms with van der Waals surface area (Å²) in [6.45, 7) is 3.69. The van der Waals surface area contributed by atoms with Crippen molar-refractivity contribution in [1.29, 1.82) is 0 Å². The molecule has 16 heavy (non-hydrogen) atoms. The number of carbonyl (C=O) groups is 2. The van der Waals surface area contributed by atoms with Gasteiger partial charge in [0.05, 0.1) is 6.10 Å². The van der Waals surface area contributed by atoms with Gasteiger partial charge in [0, 0.05) is 26.7 Å². The van der Waals surface area contributed by atoms with Gasteiger partial charge >= 0.3 is 11.8 Å². The number of nitrogens with zero attached hydrogens (tertiary/aromatic N) is 2. The molecule has 0 spiro atoms. The zero-order valence-corrected chi connectivity index (χ0v) is 9.98. The normalized spacial score (nSPS) is 19.2. The maximum atomic E-state index is 11.6. The lowest BCUT2D eigenvalue weighted by Gasteiger charge is -2.31. The highest BCUT2D eigenvalue weighted by atomic mass is 16.3. The number of piperazine rings is 1. The molecule has 0 saturated carbocycles. The Balaban J connectivity index is 2.32. The zero-order valence-electron chi connectivity index (χ0n) is 9.98. The van der Waals surface area contributed by atoms with Crippen LogP contribution in [-0.4, -0.2) is 59.5 Å². The lowest BCUT2D eigenvalue weighted by molar-refractivity contribution is -0.155. The summed E-state index contributed by atoms with van der Waals surface area (Å²) < 4.78 is 0. The fourth-order valence-corrected chi connectivity index (χ4v) is 1.71. The number of hydrogen-bond acceptors (Lipinski definition) is 3. The molecule has 0 bridgehead atoms. The molecule has 1 N–H and O–H groups in total. The number of hydrogen-bond donors (Lipinski definition) is 1. The van der Waals surface area contributed by atoms with E-state index in [1.165, 1.54) is 4.90 Å². The van der Waals surface area contributed by atoms with Gasteiger partial charge < -0.3 is 14.9 Å². The number of aliphatic hydroxyl groups is 1. The predicted octanol–water partition coefficient (Wildman–Crippen LogP) is -0.162. The molecular weight excluding hydrogens is 208 g/mol. The molecule has 92 valence electrons. The Kier molecular flexibility index (Phi) is 4.73. The Hall–Kier alpha value is -1.10. The van der Waals surface area contributed by atoms with E-state index in [-0.39, 0.29) is 6.10 Å². The van der Waals surface area contributed by atoms with Crippen molar-refractivity contribution >= 4 is 11.8 Å². The minimum absolute atomic E-state index is 0.293. The molecule has 1 rings (SSSR count). The lowest BCUT2D eigenvalue weighted by Crippen LogP contribution is -2.52. The van der Waals surface area contributed by atoms with Crippen molar-refractivity contribution in [3.8, 4) is 0 Å². The van der Waals surface area contributed by atoms with Gasteiger partial charge in [0.15, 0.2) is 0 Å². The van der Waals surface area contributed by atoms with Crippen LogP contribution in [0, 0.1) is 0 Å². The largest absolute Gasteiger partial charge is 0.393 e. The molecule has 0 aliphatic carbocycles. The highest BCUT2D eigenvalue weighted by Gasteiger charge is 2.29. The van der Waals surface area contributed by atoms with E-state index in [4.69, 9.17) is 0 Å². The van der Waals surface area contributed by atoms with Crippen LogP contribution in [0.15, 0.2) is 0 Å². The standard InChI is InChI=1S/C11H20N2O3/c1-3-9(14)5-4-6-13-8-7-12(2)10(15)11(13)16/h9,14H,3-8H2,1-2H3. The van der Waals surface area contributed by atoms with Crippen LogP contribution in [0.5, 0.6) is 0 Å². The zero-order chi connectivity index (χ0) is 12.1. The highest BCUT2D eigenvalue weighted by Crippen LogP contribution is 2.07. The maximum absolute atomic E-state index is 11.6. The summed E-state index contributed by atoms with van der Waals surface area (Å²) in [6, 6.07) is 0. The fraction of sp³-hybridized carbons (Fsp3) is 0.818. The second kappa shape index (κ2) is 5.84. The second-order valence-corrected chi connectivity index (χ2v) is 4.22. The summed E-state index contributed by atoms with van der Waals surface area (Å²) >= 11 is 0. The summed E-state index contributed by atoms with van der Waals surface area (Å²) in [7, 11) is 1.64. The Morgan fingerprint density at radius 3 is 2.62 bits per heavy atom. The Bertz CT molecular complexity index is 268. The summed E-state index contributed by atoms with van der Waals surface area (Å²) in [4.78, 5) is 25.9. The SMILES string of the molecule is CCC(O)CCCN1CCN(C)C(=O)C1=O. The van der Waals surface area contributed by atoms with Crippen molar-refractivity contribution < 1.29 is 14.7 Å². The number of aliphatic hydroxyl groups excluding tert-OH is 1. The van der Waals surface area contributed by atoms with Gasteiger partial charge in [0.25, 0.3) is 0 Å². The van der Waals surface area contributed by atoms with Gasteiger partial charge in [-0.05, 0) is 19.3 Å². The van der Waals surface area contributed by atoms with E-state index in [1.807, 2.05) is 6.92 Å². The van der Waals surface area contributed by atoms with E-state index >= 15 is 0 Å². The monoisotopic (exact) mass is 228 g/mol. The Morgan fingerprint density at radius 2 is 2.00 bits per heavy atom. The third-order valence-electron chi connectivity index (χ3n) is 2.96. The van der Waals surface area contributed by atoms with Gasteiger partial charge in [-0.3, -0.25) is 9.59 Å². The van der Waals surface area contributed by atoms with Crippen molar-refractivity contribution in [3.05, 3.63) is 0 Å². The van der Waals surface area contributed by atoms with Crippen molar-refractivity contribution in [1.82, 2.24) is 9.80 Å². The third-order valence-corrected chi connectivity index (χ3v) is 2.96. The lowest BCUT2D eigenvalue weighted by atomic mass is 10.1. The van der Waals surface area contributed by atoms with Crippen molar-refractivity contribution in [2.45, 2.75) is 32.3 Å². The molecule has 0 aromatic carbocycles. The van der Waals surface area contributed by atoms with Gasteiger partial charge in [-0.1, -0.05) is 6.92 Å². The topological polar surface area (TPSA) is 60.9 Å². The molecule has 1 fully saturated rings. The first-order valence-corrected chi connectivity index (χ1v) is 5.78. The third kappa shape index (κ3) is 3.20. The molecule has 5 heteroatoms. The number of amides is 2. The molecule has 1 saturated heterocycles. The second-order valence-electron chi connectivity index (χ2n) is 4.22. The van der Waals surface area contributed by atoms with Crippen LogP contribution in [0.3, 0.4) is 0 Å². The Morgan fingerprint density at radius 1 is 1.31 bits per heavy atom. The minimum atomic E-state index is -0.428. The first kappa shape index (κ1) is 13.0. The molecule has 1 unspecified atom stereocenters. The van der Waals surface area contributed by atoms with Crippen molar-refractivity contribution in [2.75, 3.05) is 26.7 Å². The van der Waals surface area contributed by atoms with E-state index in [0.29, 0.717) is 26.1 Å². The van der Waals surface area contributed by atoms with E-state index in [2.05, 4.69) is 0 Å². The van der Waals surface area contributed by atoms with Crippen molar-refractivity contribution in [2.24, 2.45) is 0 Å². The molecule has 2 amide bonds. The summed E-state index contributed by atoms with van der Waals surface area (Å²) in [5.41, 5.74) is 0. The molecule has 1 aliphatic heterocycles. The van der Waals surface area contributed by atoms with E-state index in [9.17, 15) is 14.7 Å². The minimum Gasteiger partial charge on any atom is -0.393 e. The first-order valence-electron chi connectivity index (χ1n) is 5.78. The van der Waals surface area contributed by atoms with Crippen LogP contribution in [0.1, 0.15) is 26.2 Å². The van der Waals surface area contributed by atoms with Crippen LogP contribution in [-0.2, 0) is 9.59 Å². The van der Waals surface area contributed by atoms with Crippen LogP contribution in [0.4, 0.5) is 0 Å². The summed E-state index contributed by atoms with van der Waals surface area (Å²) in [5, 5.41) is 9.37. The molecule has 0 radical (unpaired) electrons. The van der Waals surface area contributed by atoms with Gasteiger partial charge in [-0.25, -0.2) is 0 Å². The van der Waals surface area contributed by atoms with Crippen molar-refractivity contribution in [3.63, 3.8) is 0 Å².